The largest absolute Gasteiger partial charge is 0.458 e. The van der Waals surface area contributed by atoms with Gasteiger partial charge < -0.3 is 9.84 Å². The molecule has 0 aliphatic heterocycles. The molecule has 1 fully saturated rings. The molecule has 1 aliphatic carbocycles. The van der Waals surface area contributed by atoms with Crippen LogP contribution in [0, 0.1) is 5.92 Å². The van der Waals surface area contributed by atoms with Crippen molar-refractivity contribution in [1.29, 1.82) is 0 Å². The lowest BCUT2D eigenvalue weighted by atomic mass is 9.85. The molecule has 1 saturated carbocycles. The van der Waals surface area contributed by atoms with Crippen LogP contribution in [0.4, 0.5) is 0 Å². The standard InChI is InChI=1S/C12H22O3/c1-12(2,3)15-11(14)10(13)9-7-5-4-6-8-9/h9-10,13H,4-8H2,1-3H3/t10-/m0/s1. The molecule has 3 nitrogen and oxygen atoms in total. The van der Waals surface area contributed by atoms with Gasteiger partial charge >= 0.3 is 5.97 Å². The Morgan fingerprint density at radius 3 is 2.27 bits per heavy atom. The van der Waals surface area contributed by atoms with Crippen LogP contribution in [0.15, 0.2) is 0 Å². The second kappa shape index (κ2) is 4.97. The zero-order valence-corrected chi connectivity index (χ0v) is 9.95. The number of hydrogen-bond donors (Lipinski definition) is 1. The van der Waals surface area contributed by atoms with Gasteiger partial charge in [-0.1, -0.05) is 19.3 Å². The van der Waals surface area contributed by atoms with Crippen LogP contribution in [0.25, 0.3) is 0 Å². The maximum Gasteiger partial charge on any atom is 0.335 e. The van der Waals surface area contributed by atoms with Crippen molar-refractivity contribution in [3.05, 3.63) is 0 Å². The van der Waals surface area contributed by atoms with Crippen molar-refractivity contribution in [3.8, 4) is 0 Å². The molecule has 0 aromatic rings. The van der Waals surface area contributed by atoms with E-state index in [1.54, 1.807) is 0 Å². The molecule has 0 aromatic heterocycles. The topological polar surface area (TPSA) is 46.5 Å². The molecular weight excluding hydrogens is 192 g/mol. The van der Waals surface area contributed by atoms with E-state index in [9.17, 15) is 9.90 Å². The summed E-state index contributed by atoms with van der Waals surface area (Å²) in [5.41, 5.74) is -0.507. The molecule has 0 amide bonds. The van der Waals surface area contributed by atoms with Crippen LogP contribution in [0.3, 0.4) is 0 Å². The highest BCUT2D eigenvalue weighted by atomic mass is 16.6. The summed E-state index contributed by atoms with van der Waals surface area (Å²) in [5, 5.41) is 9.83. The average Bonchev–Trinajstić information content (AvgIpc) is 2.15. The smallest absolute Gasteiger partial charge is 0.335 e. The normalized spacial score (nSPS) is 21.1. The minimum Gasteiger partial charge on any atom is -0.458 e. The zero-order valence-electron chi connectivity index (χ0n) is 9.95. The molecule has 0 bridgehead atoms. The fourth-order valence-electron chi connectivity index (χ4n) is 2.00. The first-order valence-corrected chi connectivity index (χ1v) is 5.81. The molecule has 0 aromatic carbocycles. The van der Waals surface area contributed by atoms with E-state index in [4.69, 9.17) is 4.74 Å². The second-order valence-electron chi connectivity index (χ2n) is 5.38. The highest BCUT2D eigenvalue weighted by Gasteiger charge is 2.30. The molecule has 1 rings (SSSR count). The number of aliphatic hydroxyl groups excluding tert-OH is 1. The predicted molar refractivity (Wildman–Crippen MR) is 58.4 cm³/mol. The van der Waals surface area contributed by atoms with Crippen molar-refractivity contribution in [2.75, 3.05) is 0 Å². The van der Waals surface area contributed by atoms with Crippen molar-refractivity contribution < 1.29 is 14.6 Å². The van der Waals surface area contributed by atoms with Gasteiger partial charge in [0.1, 0.15) is 5.60 Å². The molecule has 0 spiro atoms. The lowest BCUT2D eigenvalue weighted by molar-refractivity contribution is -0.168. The number of carbonyl (C=O) groups is 1. The number of aliphatic hydroxyl groups is 1. The molecule has 0 heterocycles. The van der Waals surface area contributed by atoms with Gasteiger partial charge in [-0.3, -0.25) is 0 Å². The van der Waals surface area contributed by atoms with Gasteiger partial charge in [0, 0.05) is 0 Å². The van der Waals surface area contributed by atoms with Crippen LogP contribution in [-0.2, 0) is 9.53 Å². The first-order chi connectivity index (χ1) is 6.90. The summed E-state index contributed by atoms with van der Waals surface area (Å²) >= 11 is 0. The number of esters is 1. The summed E-state index contributed by atoms with van der Waals surface area (Å²) in [4.78, 5) is 11.6. The summed E-state index contributed by atoms with van der Waals surface area (Å²) in [6.07, 6.45) is 4.41. The zero-order chi connectivity index (χ0) is 11.5. The third-order valence-electron chi connectivity index (χ3n) is 2.74. The average molecular weight is 214 g/mol. The highest BCUT2D eigenvalue weighted by molar-refractivity contribution is 5.75. The van der Waals surface area contributed by atoms with E-state index in [1.807, 2.05) is 20.8 Å². The predicted octanol–water partition coefficient (Wildman–Crippen LogP) is 2.27. The lowest BCUT2D eigenvalue weighted by Gasteiger charge is -2.28. The van der Waals surface area contributed by atoms with Gasteiger partial charge in [0.2, 0.25) is 0 Å². The summed E-state index contributed by atoms with van der Waals surface area (Å²) in [5.74, 6) is -0.358. The Labute approximate surface area is 91.8 Å². The molecule has 0 radical (unpaired) electrons. The van der Waals surface area contributed by atoms with Gasteiger partial charge in [-0.2, -0.15) is 0 Å². The maximum absolute atomic E-state index is 11.6. The first kappa shape index (κ1) is 12.5. The van der Waals surface area contributed by atoms with E-state index in [1.165, 1.54) is 6.42 Å². The molecule has 1 atom stereocenters. The highest BCUT2D eigenvalue weighted by Crippen LogP contribution is 2.27. The first-order valence-electron chi connectivity index (χ1n) is 5.81. The van der Waals surface area contributed by atoms with Crippen molar-refractivity contribution in [3.63, 3.8) is 0 Å². The van der Waals surface area contributed by atoms with Gasteiger partial charge in [0.05, 0.1) is 0 Å². The van der Waals surface area contributed by atoms with Gasteiger partial charge in [0.15, 0.2) is 6.10 Å². The molecule has 1 N–H and O–H groups in total. The molecule has 0 unspecified atom stereocenters. The number of rotatable bonds is 2. The van der Waals surface area contributed by atoms with Crippen LogP contribution in [-0.4, -0.2) is 22.8 Å². The maximum atomic E-state index is 11.6. The van der Waals surface area contributed by atoms with Gasteiger partial charge in [-0.25, -0.2) is 4.79 Å². The van der Waals surface area contributed by atoms with E-state index in [-0.39, 0.29) is 5.92 Å². The Bertz CT molecular complexity index is 211. The van der Waals surface area contributed by atoms with E-state index in [0.29, 0.717) is 0 Å². The fraction of sp³-hybridized carbons (Fsp3) is 0.917. The molecule has 88 valence electrons. The van der Waals surface area contributed by atoms with Crippen LogP contribution in [0.5, 0.6) is 0 Å². The van der Waals surface area contributed by atoms with Crippen LogP contribution >= 0.6 is 0 Å². The van der Waals surface area contributed by atoms with Crippen molar-refractivity contribution in [1.82, 2.24) is 0 Å². The molecule has 0 saturated heterocycles. The van der Waals surface area contributed by atoms with E-state index in [0.717, 1.165) is 25.7 Å². The van der Waals surface area contributed by atoms with Crippen molar-refractivity contribution in [2.45, 2.75) is 64.6 Å². The minimum absolute atomic E-state index is 0.105. The SMILES string of the molecule is CC(C)(C)OC(=O)[C@@H](O)C1CCCCC1. The summed E-state index contributed by atoms with van der Waals surface area (Å²) in [7, 11) is 0. The Kier molecular flexibility index (Phi) is 4.14. The van der Waals surface area contributed by atoms with Crippen LogP contribution in [0.1, 0.15) is 52.9 Å². The van der Waals surface area contributed by atoms with Gasteiger partial charge in [0.25, 0.3) is 0 Å². The molecule has 3 heteroatoms. The number of hydrogen-bond acceptors (Lipinski definition) is 3. The molecule has 15 heavy (non-hydrogen) atoms. The van der Waals surface area contributed by atoms with Gasteiger partial charge in [-0.15, -0.1) is 0 Å². The van der Waals surface area contributed by atoms with Gasteiger partial charge in [-0.05, 0) is 39.5 Å². The summed E-state index contributed by atoms with van der Waals surface area (Å²) < 4.78 is 5.16. The summed E-state index contributed by atoms with van der Waals surface area (Å²) in [6.45, 7) is 5.45. The molecule has 1 aliphatic rings. The lowest BCUT2D eigenvalue weighted by Crippen LogP contribution is -2.37. The Morgan fingerprint density at radius 2 is 1.80 bits per heavy atom. The van der Waals surface area contributed by atoms with E-state index < -0.39 is 17.7 Å². The minimum atomic E-state index is -0.926. The number of ether oxygens (including phenoxy) is 1. The Morgan fingerprint density at radius 1 is 1.27 bits per heavy atom. The van der Waals surface area contributed by atoms with Crippen molar-refractivity contribution in [2.24, 2.45) is 5.92 Å². The third kappa shape index (κ3) is 4.20. The Hall–Kier alpha value is -0.570. The third-order valence-corrected chi connectivity index (χ3v) is 2.74. The quantitative estimate of drug-likeness (QED) is 0.717. The van der Waals surface area contributed by atoms with E-state index in [2.05, 4.69) is 0 Å². The monoisotopic (exact) mass is 214 g/mol. The molecular formula is C12H22O3. The Balaban J connectivity index is 2.44. The van der Waals surface area contributed by atoms with E-state index >= 15 is 0 Å². The summed E-state index contributed by atoms with van der Waals surface area (Å²) in [6, 6.07) is 0. The second-order valence-corrected chi connectivity index (χ2v) is 5.38. The number of carbonyl (C=O) groups excluding carboxylic acids is 1. The van der Waals surface area contributed by atoms with Crippen molar-refractivity contribution >= 4 is 5.97 Å². The van der Waals surface area contributed by atoms with Crippen LogP contribution < -0.4 is 0 Å². The fourth-order valence-corrected chi connectivity index (χ4v) is 2.00. The van der Waals surface area contributed by atoms with Crippen LogP contribution in [0.2, 0.25) is 0 Å².